The molecule has 0 aromatic heterocycles. The number of benzene rings is 1. The maximum atomic E-state index is 9.53. The van der Waals surface area contributed by atoms with Crippen LogP contribution in [0, 0.1) is 5.92 Å². The standard InChI is InChI=1S/C13H20O/c1-4-5-11-7-12(6-10(2)3)9-13(14)8-11/h7-10,14H,4-6H2,1-3H3. The highest BCUT2D eigenvalue weighted by Crippen LogP contribution is 2.19. The molecule has 1 nitrogen and oxygen atoms in total. The first-order valence-electron chi connectivity index (χ1n) is 5.43. The lowest BCUT2D eigenvalue weighted by Gasteiger charge is -2.08. The quantitative estimate of drug-likeness (QED) is 0.773. The van der Waals surface area contributed by atoms with Crippen molar-refractivity contribution in [3.8, 4) is 5.75 Å². The fourth-order valence-corrected chi connectivity index (χ4v) is 1.77. The molecule has 1 heteroatoms. The summed E-state index contributed by atoms with van der Waals surface area (Å²) < 4.78 is 0. The van der Waals surface area contributed by atoms with E-state index < -0.39 is 0 Å². The first-order valence-corrected chi connectivity index (χ1v) is 5.43. The molecule has 0 bridgehead atoms. The highest BCUT2D eigenvalue weighted by molar-refractivity contribution is 5.33. The summed E-state index contributed by atoms with van der Waals surface area (Å²) in [4.78, 5) is 0. The van der Waals surface area contributed by atoms with E-state index in [1.54, 1.807) is 0 Å². The maximum absolute atomic E-state index is 9.53. The molecule has 0 saturated heterocycles. The van der Waals surface area contributed by atoms with Crippen molar-refractivity contribution in [3.63, 3.8) is 0 Å². The zero-order chi connectivity index (χ0) is 10.6. The molecule has 0 amide bonds. The second-order valence-electron chi connectivity index (χ2n) is 4.36. The maximum Gasteiger partial charge on any atom is 0.116 e. The van der Waals surface area contributed by atoms with Gasteiger partial charge < -0.3 is 5.11 Å². The van der Waals surface area contributed by atoms with Gasteiger partial charge >= 0.3 is 0 Å². The summed E-state index contributed by atoms with van der Waals surface area (Å²) in [7, 11) is 0. The van der Waals surface area contributed by atoms with Crippen LogP contribution >= 0.6 is 0 Å². The zero-order valence-corrected chi connectivity index (χ0v) is 9.38. The summed E-state index contributed by atoms with van der Waals surface area (Å²) in [6, 6.07) is 5.95. The molecule has 0 unspecified atom stereocenters. The number of aryl methyl sites for hydroxylation is 1. The Morgan fingerprint density at radius 1 is 1.14 bits per heavy atom. The third kappa shape index (κ3) is 3.41. The van der Waals surface area contributed by atoms with Crippen molar-refractivity contribution >= 4 is 0 Å². The first-order chi connectivity index (χ1) is 6.61. The second-order valence-corrected chi connectivity index (χ2v) is 4.36. The SMILES string of the molecule is CCCc1cc(O)cc(CC(C)C)c1. The number of phenols is 1. The molecule has 0 aliphatic heterocycles. The Kier molecular flexibility index (Phi) is 3.99. The molecule has 0 heterocycles. The van der Waals surface area contributed by atoms with Crippen LogP contribution in [-0.4, -0.2) is 5.11 Å². The monoisotopic (exact) mass is 192 g/mol. The molecular formula is C13H20O. The van der Waals surface area contributed by atoms with E-state index in [0.29, 0.717) is 11.7 Å². The normalized spacial score (nSPS) is 10.9. The van der Waals surface area contributed by atoms with Crippen molar-refractivity contribution < 1.29 is 5.11 Å². The molecule has 0 radical (unpaired) electrons. The molecule has 0 aliphatic carbocycles. The average Bonchev–Trinajstić information content (AvgIpc) is 2.01. The van der Waals surface area contributed by atoms with Crippen LogP contribution in [0.5, 0.6) is 5.75 Å². The third-order valence-electron chi connectivity index (χ3n) is 2.22. The topological polar surface area (TPSA) is 20.2 Å². The van der Waals surface area contributed by atoms with Gasteiger partial charge in [-0.1, -0.05) is 33.3 Å². The van der Waals surface area contributed by atoms with Crippen molar-refractivity contribution in [2.75, 3.05) is 0 Å². The van der Waals surface area contributed by atoms with E-state index in [0.717, 1.165) is 19.3 Å². The van der Waals surface area contributed by atoms with Gasteiger partial charge in [0.1, 0.15) is 5.75 Å². The highest BCUT2D eigenvalue weighted by Gasteiger charge is 2.02. The van der Waals surface area contributed by atoms with Gasteiger partial charge in [-0.25, -0.2) is 0 Å². The van der Waals surface area contributed by atoms with E-state index in [4.69, 9.17) is 0 Å². The lowest BCUT2D eigenvalue weighted by Crippen LogP contribution is -1.95. The molecule has 1 aromatic rings. The van der Waals surface area contributed by atoms with Gasteiger partial charge in [-0.15, -0.1) is 0 Å². The van der Waals surface area contributed by atoms with E-state index >= 15 is 0 Å². The van der Waals surface area contributed by atoms with Gasteiger partial charge in [0.05, 0.1) is 0 Å². The predicted octanol–water partition coefficient (Wildman–Crippen LogP) is 3.54. The summed E-state index contributed by atoms with van der Waals surface area (Å²) in [5.74, 6) is 1.05. The lowest BCUT2D eigenvalue weighted by molar-refractivity contribution is 0.473. The molecule has 0 saturated carbocycles. The van der Waals surface area contributed by atoms with Gasteiger partial charge in [0.2, 0.25) is 0 Å². The van der Waals surface area contributed by atoms with Gasteiger partial charge in [0.25, 0.3) is 0 Å². The van der Waals surface area contributed by atoms with Crippen molar-refractivity contribution in [1.29, 1.82) is 0 Å². The number of hydrogen-bond donors (Lipinski definition) is 1. The van der Waals surface area contributed by atoms with Crippen LogP contribution in [0.25, 0.3) is 0 Å². The van der Waals surface area contributed by atoms with Gasteiger partial charge in [-0.2, -0.15) is 0 Å². The summed E-state index contributed by atoms with van der Waals surface area (Å²) in [6.07, 6.45) is 3.23. The molecule has 1 rings (SSSR count). The minimum absolute atomic E-state index is 0.409. The lowest BCUT2D eigenvalue weighted by atomic mass is 9.99. The number of aromatic hydroxyl groups is 1. The number of hydrogen-bond acceptors (Lipinski definition) is 1. The van der Waals surface area contributed by atoms with Gasteiger partial charge in [-0.05, 0) is 42.0 Å². The Morgan fingerprint density at radius 2 is 1.79 bits per heavy atom. The van der Waals surface area contributed by atoms with E-state index in [1.807, 2.05) is 12.1 Å². The first kappa shape index (κ1) is 11.1. The van der Waals surface area contributed by atoms with Crippen molar-refractivity contribution in [2.24, 2.45) is 5.92 Å². The molecule has 1 aromatic carbocycles. The largest absolute Gasteiger partial charge is 0.508 e. The van der Waals surface area contributed by atoms with Crippen LogP contribution < -0.4 is 0 Å². The van der Waals surface area contributed by atoms with E-state index in [9.17, 15) is 5.11 Å². The molecule has 0 aliphatic rings. The Balaban J connectivity index is 2.83. The van der Waals surface area contributed by atoms with Crippen LogP contribution in [0.3, 0.4) is 0 Å². The molecule has 78 valence electrons. The molecule has 0 fully saturated rings. The fourth-order valence-electron chi connectivity index (χ4n) is 1.77. The van der Waals surface area contributed by atoms with Gasteiger partial charge in [0, 0.05) is 0 Å². The summed E-state index contributed by atoms with van der Waals surface area (Å²) in [5, 5.41) is 9.53. The van der Waals surface area contributed by atoms with Crippen LogP contribution in [0.2, 0.25) is 0 Å². The fraction of sp³-hybridized carbons (Fsp3) is 0.538. The third-order valence-corrected chi connectivity index (χ3v) is 2.22. The van der Waals surface area contributed by atoms with Crippen molar-refractivity contribution in [1.82, 2.24) is 0 Å². The Morgan fingerprint density at radius 3 is 2.36 bits per heavy atom. The van der Waals surface area contributed by atoms with Crippen molar-refractivity contribution in [2.45, 2.75) is 40.0 Å². The summed E-state index contributed by atoms with van der Waals surface area (Å²) in [6.45, 7) is 6.55. The molecule has 14 heavy (non-hydrogen) atoms. The van der Waals surface area contributed by atoms with Crippen LogP contribution in [-0.2, 0) is 12.8 Å². The van der Waals surface area contributed by atoms with E-state index in [1.165, 1.54) is 11.1 Å². The smallest absolute Gasteiger partial charge is 0.116 e. The molecule has 0 atom stereocenters. The molecule has 1 N–H and O–H groups in total. The van der Waals surface area contributed by atoms with Crippen LogP contribution in [0.4, 0.5) is 0 Å². The van der Waals surface area contributed by atoms with Crippen LogP contribution in [0.15, 0.2) is 18.2 Å². The molecular weight excluding hydrogens is 172 g/mol. The van der Waals surface area contributed by atoms with Crippen LogP contribution in [0.1, 0.15) is 38.3 Å². The van der Waals surface area contributed by atoms with Gasteiger partial charge in [-0.3, -0.25) is 0 Å². The average molecular weight is 192 g/mol. The van der Waals surface area contributed by atoms with Crippen molar-refractivity contribution in [3.05, 3.63) is 29.3 Å². The zero-order valence-electron chi connectivity index (χ0n) is 9.38. The highest BCUT2D eigenvalue weighted by atomic mass is 16.3. The van der Waals surface area contributed by atoms with E-state index in [-0.39, 0.29) is 0 Å². The minimum Gasteiger partial charge on any atom is -0.508 e. The Bertz CT molecular complexity index is 289. The number of rotatable bonds is 4. The van der Waals surface area contributed by atoms with E-state index in [2.05, 4.69) is 26.8 Å². The summed E-state index contributed by atoms with van der Waals surface area (Å²) in [5.41, 5.74) is 2.51. The molecule has 0 spiro atoms. The Hall–Kier alpha value is -0.980. The number of phenolic OH excluding ortho intramolecular Hbond substituents is 1. The Labute approximate surface area is 86.8 Å². The summed E-state index contributed by atoms with van der Waals surface area (Å²) >= 11 is 0. The van der Waals surface area contributed by atoms with Gasteiger partial charge in [0.15, 0.2) is 0 Å². The second kappa shape index (κ2) is 5.04. The predicted molar refractivity (Wildman–Crippen MR) is 60.6 cm³/mol. The minimum atomic E-state index is 0.409.